The topological polar surface area (TPSA) is 24.1 Å². The predicted molar refractivity (Wildman–Crippen MR) is 55.9 cm³/mol. The number of hydrogen-bond acceptors (Lipinski definition) is 2. The summed E-state index contributed by atoms with van der Waals surface area (Å²) in [5.74, 6) is 0. The van der Waals surface area contributed by atoms with Crippen LogP contribution in [0, 0.1) is 0 Å². The molecular weight excluding hydrogens is 160 g/mol. The maximum atomic E-state index is 3.76. The van der Waals surface area contributed by atoms with Crippen LogP contribution in [0.5, 0.6) is 0 Å². The van der Waals surface area contributed by atoms with Crippen molar-refractivity contribution < 1.29 is 0 Å². The fraction of sp³-hybridized carbons (Fsp3) is 1.00. The lowest BCUT2D eigenvalue weighted by Crippen LogP contribution is -2.59. The minimum absolute atomic E-state index is 0.439. The molecule has 0 amide bonds. The van der Waals surface area contributed by atoms with Gasteiger partial charge in [-0.25, -0.2) is 0 Å². The second-order valence-corrected chi connectivity index (χ2v) is 4.54. The first-order valence-electron chi connectivity index (χ1n) is 5.86. The molecule has 0 bridgehead atoms. The monoisotopic (exact) mass is 182 g/mol. The largest absolute Gasteiger partial charge is 0.312 e. The highest BCUT2D eigenvalue weighted by atomic mass is 15.1. The second kappa shape index (κ2) is 3.97. The lowest BCUT2D eigenvalue weighted by Gasteiger charge is -2.42. The van der Waals surface area contributed by atoms with E-state index in [0.29, 0.717) is 5.54 Å². The van der Waals surface area contributed by atoms with Crippen molar-refractivity contribution in [2.45, 2.75) is 57.0 Å². The third-order valence-electron chi connectivity index (χ3n) is 3.88. The van der Waals surface area contributed by atoms with Gasteiger partial charge in [0.05, 0.1) is 0 Å². The highest BCUT2D eigenvalue weighted by molar-refractivity contribution is 5.01. The molecule has 2 unspecified atom stereocenters. The second-order valence-electron chi connectivity index (χ2n) is 4.54. The molecule has 0 radical (unpaired) electrons. The normalized spacial score (nSPS) is 40.8. The zero-order chi connectivity index (χ0) is 9.15. The summed E-state index contributed by atoms with van der Waals surface area (Å²) in [6.45, 7) is 4.79. The van der Waals surface area contributed by atoms with Crippen molar-refractivity contribution in [3.63, 3.8) is 0 Å². The molecule has 2 saturated heterocycles. The van der Waals surface area contributed by atoms with E-state index in [1.807, 2.05) is 0 Å². The van der Waals surface area contributed by atoms with Gasteiger partial charge < -0.3 is 10.6 Å². The van der Waals surface area contributed by atoms with Crippen LogP contribution in [0.15, 0.2) is 0 Å². The Labute approximate surface area is 81.5 Å². The standard InChI is InChI=1S/C11H22N2/c1-2-11(7-3-4-9-13-11)10-6-5-8-12-10/h10,12-13H,2-9H2,1H3. The van der Waals surface area contributed by atoms with Crippen LogP contribution in [0.4, 0.5) is 0 Å². The summed E-state index contributed by atoms with van der Waals surface area (Å²) < 4.78 is 0. The van der Waals surface area contributed by atoms with Crippen molar-refractivity contribution in [1.82, 2.24) is 10.6 Å². The SMILES string of the molecule is CCC1(C2CCCN2)CCCCN1. The fourth-order valence-corrected chi connectivity index (χ4v) is 2.99. The molecule has 2 nitrogen and oxygen atoms in total. The molecule has 0 saturated carbocycles. The van der Waals surface area contributed by atoms with Gasteiger partial charge in [-0.1, -0.05) is 13.3 Å². The Kier molecular flexibility index (Phi) is 2.89. The van der Waals surface area contributed by atoms with Gasteiger partial charge in [0.25, 0.3) is 0 Å². The predicted octanol–water partition coefficient (Wildman–Crippen LogP) is 1.66. The summed E-state index contributed by atoms with van der Waals surface area (Å²) >= 11 is 0. The van der Waals surface area contributed by atoms with Gasteiger partial charge >= 0.3 is 0 Å². The van der Waals surface area contributed by atoms with Crippen LogP contribution in [0.3, 0.4) is 0 Å². The van der Waals surface area contributed by atoms with E-state index in [1.54, 1.807) is 0 Å². The molecule has 2 aliphatic heterocycles. The van der Waals surface area contributed by atoms with Gasteiger partial charge in [-0.05, 0) is 45.2 Å². The average Bonchev–Trinajstić information content (AvgIpc) is 2.72. The quantitative estimate of drug-likeness (QED) is 0.678. The summed E-state index contributed by atoms with van der Waals surface area (Å²) in [7, 11) is 0. The molecule has 0 aromatic heterocycles. The first-order chi connectivity index (χ1) is 6.37. The summed E-state index contributed by atoms with van der Waals surface area (Å²) in [4.78, 5) is 0. The van der Waals surface area contributed by atoms with Crippen LogP contribution in [-0.2, 0) is 0 Å². The van der Waals surface area contributed by atoms with E-state index in [-0.39, 0.29) is 0 Å². The van der Waals surface area contributed by atoms with Gasteiger partial charge in [0.2, 0.25) is 0 Å². The first-order valence-corrected chi connectivity index (χ1v) is 5.86. The Morgan fingerprint density at radius 2 is 2.15 bits per heavy atom. The number of piperidine rings is 1. The smallest absolute Gasteiger partial charge is 0.0332 e. The van der Waals surface area contributed by atoms with Crippen molar-refractivity contribution in [2.75, 3.05) is 13.1 Å². The molecule has 76 valence electrons. The summed E-state index contributed by atoms with van der Waals surface area (Å²) in [6.07, 6.45) is 8.19. The van der Waals surface area contributed by atoms with Gasteiger partial charge in [0.1, 0.15) is 0 Å². The number of hydrogen-bond donors (Lipinski definition) is 2. The van der Waals surface area contributed by atoms with E-state index in [2.05, 4.69) is 17.6 Å². The molecule has 2 heterocycles. The molecule has 2 aliphatic rings. The summed E-state index contributed by atoms with van der Waals surface area (Å²) in [5.41, 5.74) is 0.439. The average molecular weight is 182 g/mol. The molecule has 0 aliphatic carbocycles. The number of nitrogens with one attached hydrogen (secondary N) is 2. The molecule has 0 aromatic rings. The summed E-state index contributed by atoms with van der Waals surface area (Å²) in [5, 5.41) is 7.42. The Morgan fingerprint density at radius 3 is 2.69 bits per heavy atom. The van der Waals surface area contributed by atoms with Crippen LogP contribution in [0.25, 0.3) is 0 Å². The van der Waals surface area contributed by atoms with Gasteiger partial charge in [0.15, 0.2) is 0 Å². The van der Waals surface area contributed by atoms with Crippen LogP contribution in [0.2, 0.25) is 0 Å². The third kappa shape index (κ3) is 1.75. The first kappa shape index (κ1) is 9.47. The molecule has 2 N–H and O–H groups in total. The van der Waals surface area contributed by atoms with Crippen LogP contribution >= 0.6 is 0 Å². The van der Waals surface area contributed by atoms with Gasteiger partial charge in [-0.2, -0.15) is 0 Å². The molecular formula is C11H22N2. The van der Waals surface area contributed by atoms with E-state index < -0.39 is 0 Å². The van der Waals surface area contributed by atoms with Crippen molar-refractivity contribution in [2.24, 2.45) is 0 Å². The highest BCUT2D eigenvalue weighted by Gasteiger charge is 2.38. The Hall–Kier alpha value is -0.0800. The molecule has 2 heteroatoms. The Balaban J connectivity index is 2.03. The van der Waals surface area contributed by atoms with E-state index in [4.69, 9.17) is 0 Å². The molecule has 2 rings (SSSR count). The van der Waals surface area contributed by atoms with E-state index >= 15 is 0 Å². The van der Waals surface area contributed by atoms with Crippen LogP contribution < -0.4 is 10.6 Å². The van der Waals surface area contributed by atoms with Crippen molar-refractivity contribution >= 4 is 0 Å². The molecule has 0 spiro atoms. The third-order valence-corrected chi connectivity index (χ3v) is 3.88. The van der Waals surface area contributed by atoms with E-state index in [9.17, 15) is 0 Å². The zero-order valence-corrected chi connectivity index (χ0v) is 8.73. The van der Waals surface area contributed by atoms with Crippen molar-refractivity contribution in [1.29, 1.82) is 0 Å². The van der Waals surface area contributed by atoms with Crippen LogP contribution in [0.1, 0.15) is 45.4 Å². The Bertz CT molecular complexity index is 155. The van der Waals surface area contributed by atoms with Crippen LogP contribution in [-0.4, -0.2) is 24.7 Å². The lowest BCUT2D eigenvalue weighted by molar-refractivity contribution is 0.188. The molecule has 0 aromatic carbocycles. The minimum Gasteiger partial charge on any atom is -0.312 e. The zero-order valence-electron chi connectivity index (χ0n) is 8.73. The maximum Gasteiger partial charge on any atom is 0.0332 e. The minimum atomic E-state index is 0.439. The molecule has 2 atom stereocenters. The van der Waals surface area contributed by atoms with Gasteiger partial charge in [-0.3, -0.25) is 0 Å². The van der Waals surface area contributed by atoms with Crippen molar-refractivity contribution in [3.05, 3.63) is 0 Å². The van der Waals surface area contributed by atoms with E-state index in [1.165, 1.54) is 51.6 Å². The van der Waals surface area contributed by atoms with Crippen molar-refractivity contribution in [3.8, 4) is 0 Å². The van der Waals surface area contributed by atoms with E-state index in [0.717, 1.165) is 6.04 Å². The Morgan fingerprint density at radius 1 is 1.23 bits per heavy atom. The fourth-order valence-electron chi connectivity index (χ4n) is 2.99. The highest BCUT2D eigenvalue weighted by Crippen LogP contribution is 2.30. The molecule has 13 heavy (non-hydrogen) atoms. The summed E-state index contributed by atoms with van der Waals surface area (Å²) in [6, 6.07) is 0.748. The van der Waals surface area contributed by atoms with Gasteiger partial charge in [0, 0.05) is 11.6 Å². The molecule has 2 fully saturated rings. The maximum absolute atomic E-state index is 3.76. The number of rotatable bonds is 2. The van der Waals surface area contributed by atoms with Gasteiger partial charge in [-0.15, -0.1) is 0 Å². The lowest BCUT2D eigenvalue weighted by atomic mass is 9.79.